The Hall–Kier alpha value is -0.950. The lowest BCUT2D eigenvalue weighted by atomic mass is 9.86. The maximum atomic E-state index is 12.1. The molecule has 2 rings (SSSR count). The van der Waals surface area contributed by atoms with Crippen molar-refractivity contribution in [3.8, 4) is 11.8 Å². The highest BCUT2D eigenvalue weighted by Gasteiger charge is 2.52. The standard InChI is InChI=1S/C11H13NO2S/c1-2-3-5-12-9(13)7-11(10(12)14)4-6-15-8-11/h4-8H2,1H3/t11-/m0/s1. The van der Waals surface area contributed by atoms with Gasteiger partial charge in [-0.1, -0.05) is 5.92 Å². The van der Waals surface area contributed by atoms with Crippen LogP contribution in [0, 0.1) is 17.3 Å². The maximum absolute atomic E-state index is 12.1. The first kappa shape index (κ1) is 10.6. The van der Waals surface area contributed by atoms with E-state index in [9.17, 15) is 9.59 Å². The molecule has 0 saturated carbocycles. The predicted molar refractivity (Wildman–Crippen MR) is 59.2 cm³/mol. The fraction of sp³-hybridized carbons (Fsp3) is 0.636. The number of carbonyl (C=O) groups excluding carboxylic acids is 2. The lowest BCUT2D eigenvalue weighted by Gasteiger charge is -2.18. The van der Waals surface area contributed by atoms with E-state index in [1.807, 2.05) is 0 Å². The van der Waals surface area contributed by atoms with E-state index in [1.54, 1.807) is 18.7 Å². The highest BCUT2D eigenvalue weighted by atomic mass is 32.2. The maximum Gasteiger partial charge on any atom is 0.237 e. The molecule has 0 aromatic rings. The van der Waals surface area contributed by atoms with Crippen LogP contribution < -0.4 is 0 Å². The number of hydrogen-bond donors (Lipinski definition) is 0. The van der Waals surface area contributed by atoms with E-state index >= 15 is 0 Å². The van der Waals surface area contributed by atoms with Gasteiger partial charge in [-0.15, -0.1) is 5.92 Å². The van der Waals surface area contributed by atoms with Gasteiger partial charge in [0.25, 0.3) is 0 Å². The van der Waals surface area contributed by atoms with Crippen LogP contribution in [0.1, 0.15) is 19.8 Å². The van der Waals surface area contributed by atoms with Gasteiger partial charge in [0, 0.05) is 12.2 Å². The van der Waals surface area contributed by atoms with Crippen LogP contribution in [0.4, 0.5) is 0 Å². The Bertz CT molecular complexity index is 361. The van der Waals surface area contributed by atoms with Crippen molar-refractivity contribution < 1.29 is 9.59 Å². The minimum atomic E-state index is -0.378. The predicted octanol–water partition coefficient (Wildman–Crippen LogP) is 0.892. The minimum Gasteiger partial charge on any atom is -0.274 e. The number of rotatable bonds is 1. The number of nitrogens with zero attached hydrogens (tertiary/aromatic N) is 1. The second kappa shape index (κ2) is 3.90. The first-order valence-electron chi connectivity index (χ1n) is 5.02. The van der Waals surface area contributed by atoms with E-state index in [2.05, 4.69) is 11.8 Å². The molecule has 3 nitrogen and oxygen atoms in total. The molecule has 0 aromatic carbocycles. The van der Waals surface area contributed by atoms with Crippen LogP contribution in [0.3, 0.4) is 0 Å². The highest BCUT2D eigenvalue weighted by Crippen LogP contribution is 2.44. The summed E-state index contributed by atoms with van der Waals surface area (Å²) in [6, 6.07) is 0. The number of likely N-dealkylation sites (tertiary alicyclic amines) is 1. The van der Waals surface area contributed by atoms with Crippen LogP contribution in [0.15, 0.2) is 0 Å². The van der Waals surface area contributed by atoms with Crippen molar-refractivity contribution >= 4 is 23.6 Å². The van der Waals surface area contributed by atoms with Gasteiger partial charge in [-0.25, -0.2) is 0 Å². The lowest BCUT2D eigenvalue weighted by Crippen LogP contribution is -2.35. The Balaban J connectivity index is 2.17. The number of thioether (sulfide) groups is 1. The molecule has 0 unspecified atom stereocenters. The van der Waals surface area contributed by atoms with Crippen LogP contribution in [0.2, 0.25) is 0 Å². The average Bonchev–Trinajstić information content (AvgIpc) is 2.75. The molecule has 2 heterocycles. The summed E-state index contributed by atoms with van der Waals surface area (Å²) in [6.07, 6.45) is 1.24. The quantitative estimate of drug-likeness (QED) is 0.489. The number of imide groups is 1. The van der Waals surface area contributed by atoms with Gasteiger partial charge in [0.1, 0.15) is 0 Å². The van der Waals surface area contributed by atoms with Crippen LogP contribution in [-0.4, -0.2) is 34.8 Å². The third kappa shape index (κ3) is 1.65. The smallest absolute Gasteiger partial charge is 0.237 e. The first-order chi connectivity index (χ1) is 7.19. The van der Waals surface area contributed by atoms with E-state index in [4.69, 9.17) is 0 Å². The Kier molecular flexibility index (Phi) is 2.74. The summed E-state index contributed by atoms with van der Waals surface area (Å²) in [7, 11) is 0. The van der Waals surface area contributed by atoms with Crippen molar-refractivity contribution in [2.45, 2.75) is 19.8 Å². The van der Waals surface area contributed by atoms with E-state index in [-0.39, 0.29) is 23.8 Å². The van der Waals surface area contributed by atoms with Crippen molar-refractivity contribution in [3.05, 3.63) is 0 Å². The van der Waals surface area contributed by atoms with Gasteiger partial charge in [0.2, 0.25) is 11.8 Å². The molecule has 80 valence electrons. The van der Waals surface area contributed by atoms with Crippen LogP contribution in [0.5, 0.6) is 0 Å². The van der Waals surface area contributed by atoms with Crippen molar-refractivity contribution in [3.63, 3.8) is 0 Å². The Morgan fingerprint density at radius 1 is 1.53 bits per heavy atom. The van der Waals surface area contributed by atoms with E-state index in [1.165, 1.54) is 4.90 Å². The van der Waals surface area contributed by atoms with Gasteiger partial charge in [0.05, 0.1) is 12.0 Å². The third-order valence-electron chi connectivity index (χ3n) is 3.01. The zero-order valence-electron chi connectivity index (χ0n) is 8.71. The Labute approximate surface area is 93.6 Å². The van der Waals surface area contributed by atoms with Crippen LogP contribution in [-0.2, 0) is 9.59 Å². The first-order valence-corrected chi connectivity index (χ1v) is 6.17. The van der Waals surface area contributed by atoms with Gasteiger partial charge in [-0.2, -0.15) is 11.8 Å². The zero-order chi connectivity index (χ0) is 10.9. The van der Waals surface area contributed by atoms with Crippen molar-refractivity contribution in [1.82, 2.24) is 4.90 Å². The van der Waals surface area contributed by atoms with Gasteiger partial charge in [0.15, 0.2) is 0 Å². The molecule has 4 heteroatoms. The van der Waals surface area contributed by atoms with Crippen molar-refractivity contribution in [1.29, 1.82) is 0 Å². The summed E-state index contributed by atoms with van der Waals surface area (Å²) in [4.78, 5) is 25.1. The molecule has 0 N–H and O–H groups in total. The molecule has 2 aliphatic heterocycles. The molecular formula is C11H13NO2S. The summed E-state index contributed by atoms with van der Waals surface area (Å²) in [6.45, 7) is 1.98. The summed E-state index contributed by atoms with van der Waals surface area (Å²) >= 11 is 1.77. The molecule has 2 aliphatic rings. The molecule has 0 radical (unpaired) electrons. The lowest BCUT2D eigenvalue weighted by molar-refractivity contribution is -0.140. The molecule has 0 aliphatic carbocycles. The highest BCUT2D eigenvalue weighted by molar-refractivity contribution is 7.99. The fourth-order valence-corrected chi connectivity index (χ4v) is 3.53. The monoisotopic (exact) mass is 223 g/mol. The van der Waals surface area contributed by atoms with Gasteiger partial charge in [-0.05, 0) is 19.1 Å². The number of amides is 2. The van der Waals surface area contributed by atoms with E-state index in [0.717, 1.165) is 17.9 Å². The van der Waals surface area contributed by atoms with Gasteiger partial charge >= 0.3 is 0 Å². The Morgan fingerprint density at radius 3 is 2.93 bits per heavy atom. The summed E-state index contributed by atoms with van der Waals surface area (Å²) in [5.74, 6) is 7.24. The third-order valence-corrected chi connectivity index (χ3v) is 4.26. The SMILES string of the molecule is CC#CCN1C(=O)C[C@]2(CCSC2)C1=O. The van der Waals surface area contributed by atoms with Crippen LogP contribution >= 0.6 is 11.8 Å². The normalized spacial score (nSPS) is 29.8. The molecule has 1 atom stereocenters. The fourth-order valence-electron chi connectivity index (χ4n) is 2.09. The second-order valence-electron chi connectivity index (χ2n) is 3.97. The molecular weight excluding hydrogens is 210 g/mol. The largest absolute Gasteiger partial charge is 0.274 e. The molecule has 15 heavy (non-hydrogen) atoms. The summed E-state index contributed by atoms with van der Waals surface area (Å²) < 4.78 is 0. The average molecular weight is 223 g/mol. The van der Waals surface area contributed by atoms with E-state index in [0.29, 0.717) is 6.42 Å². The second-order valence-corrected chi connectivity index (χ2v) is 5.08. The topological polar surface area (TPSA) is 37.4 Å². The minimum absolute atomic E-state index is 0.000231. The number of carbonyl (C=O) groups is 2. The summed E-state index contributed by atoms with van der Waals surface area (Å²) in [5, 5.41) is 0. The zero-order valence-corrected chi connectivity index (χ0v) is 9.52. The summed E-state index contributed by atoms with van der Waals surface area (Å²) in [5.41, 5.74) is -0.378. The van der Waals surface area contributed by atoms with E-state index < -0.39 is 0 Å². The molecule has 2 fully saturated rings. The molecule has 2 saturated heterocycles. The van der Waals surface area contributed by atoms with Crippen molar-refractivity contribution in [2.24, 2.45) is 5.41 Å². The molecule has 0 bridgehead atoms. The number of hydrogen-bond acceptors (Lipinski definition) is 3. The van der Waals surface area contributed by atoms with Crippen LogP contribution in [0.25, 0.3) is 0 Å². The Morgan fingerprint density at radius 2 is 2.33 bits per heavy atom. The van der Waals surface area contributed by atoms with Gasteiger partial charge in [-0.3, -0.25) is 14.5 Å². The molecule has 1 spiro atoms. The molecule has 0 aromatic heterocycles. The van der Waals surface area contributed by atoms with Gasteiger partial charge < -0.3 is 0 Å². The van der Waals surface area contributed by atoms with Crippen molar-refractivity contribution in [2.75, 3.05) is 18.1 Å². The molecule has 2 amide bonds.